The van der Waals surface area contributed by atoms with Gasteiger partial charge in [0.1, 0.15) is 0 Å². The van der Waals surface area contributed by atoms with Crippen LogP contribution in [-0.4, -0.2) is 16.8 Å². The Morgan fingerprint density at radius 2 is 1.39 bits per heavy atom. The zero-order valence-corrected chi connectivity index (χ0v) is 14.9. The minimum absolute atomic E-state index is 0.265. The smallest absolute Gasteiger partial charge is 0.257 e. The van der Waals surface area contributed by atoms with Crippen molar-refractivity contribution >= 4 is 34.0 Å². The number of rotatable bonds is 4. The number of benzene rings is 3. The fourth-order valence-corrected chi connectivity index (χ4v) is 3.04. The summed E-state index contributed by atoms with van der Waals surface area (Å²) in [6, 6.07) is 23.7. The molecule has 28 heavy (non-hydrogen) atoms. The zero-order valence-electron chi connectivity index (χ0n) is 14.9. The lowest BCUT2D eigenvalue weighted by molar-refractivity contribution is 0.102. The number of carbonyl (C=O) groups excluding carboxylic acids is 2. The first-order valence-corrected chi connectivity index (χ1v) is 8.82. The molecule has 0 saturated carbocycles. The second-order valence-electron chi connectivity index (χ2n) is 6.22. The molecule has 2 amide bonds. The molecule has 136 valence electrons. The van der Waals surface area contributed by atoms with Gasteiger partial charge in [0.15, 0.2) is 0 Å². The van der Waals surface area contributed by atoms with Crippen LogP contribution in [0.3, 0.4) is 0 Å². The summed E-state index contributed by atoms with van der Waals surface area (Å²) >= 11 is 0. The summed E-state index contributed by atoms with van der Waals surface area (Å²) in [4.78, 5) is 29.6. The maximum absolute atomic E-state index is 12.9. The first-order valence-electron chi connectivity index (χ1n) is 8.82. The van der Waals surface area contributed by atoms with Crippen LogP contribution in [0.2, 0.25) is 0 Å². The molecule has 0 bridgehead atoms. The highest BCUT2D eigenvalue weighted by molar-refractivity contribution is 6.16. The number of amides is 2. The van der Waals surface area contributed by atoms with Crippen molar-refractivity contribution < 1.29 is 9.59 Å². The van der Waals surface area contributed by atoms with Crippen molar-refractivity contribution in [3.05, 3.63) is 102 Å². The summed E-state index contributed by atoms with van der Waals surface area (Å²) < 4.78 is 0. The van der Waals surface area contributed by atoms with E-state index in [-0.39, 0.29) is 11.8 Å². The minimum atomic E-state index is -0.318. The third kappa shape index (κ3) is 3.59. The van der Waals surface area contributed by atoms with E-state index in [1.54, 1.807) is 54.9 Å². The van der Waals surface area contributed by atoms with Crippen LogP contribution in [0.4, 0.5) is 11.4 Å². The van der Waals surface area contributed by atoms with Gasteiger partial charge < -0.3 is 10.6 Å². The van der Waals surface area contributed by atoms with E-state index in [0.29, 0.717) is 22.5 Å². The average molecular weight is 367 g/mol. The van der Waals surface area contributed by atoms with E-state index in [2.05, 4.69) is 15.6 Å². The molecule has 4 rings (SSSR count). The second kappa shape index (κ2) is 7.72. The molecule has 0 spiro atoms. The maximum atomic E-state index is 12.9. The van der Waals surface area contributed by atoms with E-state index >= 15 is 0 Å². The quantitative estimate of drug-likeness (QED) is 0.547. The molecule has 5 heteroatoms. The van der Waals surface area contributed by atoms with Crippen molar-refractivity contribution in [1.29, 1.82) is 0 Å². The molecule has 2 N–H and O–H groups in total. The Hall–Kier alpha value is -3.99. The molecule has 0 radical (unpaired) electrons. The lowest BCUT2D eigenvalue weighted by Crippen LogP contribution is -2.18. The summed E-state index contributed by atoms with van der Waals surface area (Å²) in [5.74, 6) is -0.583. The second-order valence-corrected chi connectivity index (χ2v) is 6.22. The fourth-order valence-electron chi connectivity index (χ4n) is 3.04. The molecule has 0 saturated heterocycles. The van der Waals surface area contributed by atoms with Crippen molar-refractivity contribution in [3.63, 3.8) is 0 Å². The molecule has 0 aliphatic heterocycles. The predicted molar refractivity (Wildman–Crippen MR) is 111 cm³/mol. The highest BCUT2D eigenvalue weighted by Gasteiger charge is 2.15. The van der Waals surface area contributed by atoms with E-state index < -0.39 is 0 Å². The van der Waals surface area contributed by atoms with Crippen LogP contribution < -0.4 is 10.6 Å². The van der Waals surface area contributed by atoms with Gasteiger partial charge in [-0.05, 0) is 41.1 Å². The van der Waals surface area contributed by atoms with Gasteiger partial charge in [0, 0.05) is 11.8 Å². The van der Waals surface area contributed by atoms with E-state index in [9.17, 15) is 9.59 Å². The third-order valence-corrected chi connectivity index (χ3v) is 4.37. The molecule has 1 aromatic heterocycles. The van der Waals surface area contributed by atoms with E-state index in [1.807, 2.05) is 36.4 Å². The van der Waals surface area contributed by atoms with Gasteiger partial charge >= 0.3 is 0 Å². The third-order valence-electron chi connectivity index (χ3n) is 4.37. The van der Waals surface area contributed by atoms with Crippen molar-refractivity contribution in [2.45, 2.75) is 0 Å². The van der Waals surface area contributed by atoms with Crippen molar-refractivity contribution in [3.8, 4) is 0 Å². The average Bonchev–Trinajstić information content (AvgIpc) is 2.74. The molecular formula is C23H17N3O2. The van der Waals surface area contributed by atoms with Gasteiger partial charge in [0.05, 0.1) is 23.1 Å². The summed E-state index contributed by atoms with van der Waals surface area (Å²) in [5, 5.41) is 7.50. The molecule has 0 fully saturated rings. The first kappa shape index (κ1) is 17.4. The maximum Gasteiger partial charge on any atom is 0.257 e. The summed E-state index contributed by atoms with van der Waals surface area (Å²) in [6.45, 7) is 0. The van der Waals surface area contributed by atoms with Crippen LogP contribution in [0, 0.1) is 0 Å². The van der Waals surface area contributed by atoms with Crippen molar-refractivity contribution in [1.82, 2.24) is 4.98 Å². The Labute approximate surface area is 162 Å². The van der Waals surface area contributed by atoms with Crippen molar-refractivity contribution in [2.75, 3.05) is 10.6 Å². The molecular weight excluding hydrogens is 350 g/mol. The Bertz CT molecular complexity index is 1150. The number of nitrogens with one attached hydrogen (secondary N) is 2. The number of pyridine rings is 1. The van der Waals surface area contributed by atoms with Crippen LogP contribution in [0.15, 0.2) is 91.3 Å². The summed E-state index contributed by atoms with van der Waals surface area (Å²) in [5.41, 5.74) is 1.96. The number of hydrogen-bond acceptors (Lipinski definition) is 3. The van der Waals surface area contributed by atoms with Crippen LogP contribution in [0.25, 0.3) is 10.8 Å². The molecule has 4 aromatic rings. The molecule has 5 nitrogen and oxygen atoms in total. The van der Waals surface area contributed by atoms with E-state index in [1.165, 1.54) is 0 Å². The van der Waals surface area contributed by atoms with Gasteiger partial charge in [-0.3, -0.25) is 14.6 Å². The largest absolute Gasteiger partial charge is 0.321 e. The SMILES string of the molecule is O=C(Nc1cccnc1)c1ccccc1NC(=O)c1cccc2ccccc12. The Morgan fingerprint density at radius 3 is 2.25 bits per heavy atom. The monoisotopic (exact) mass is 367 g/mol. The predicted octanol–water partition coefficient (Wildman–Crippen LogP) is 4.74. The van der Waals surface area contributed by atoms with Crippen molar-refractivity contribution in [2.24, 2.45) is 0 Å². The Morgan fingerprint density at radius 1 is 0.679 bits per heavy atom. The van der Waals surface area contributed by atoms with Gasteiger partial charge in [-0.25, -0.2) is 0 Å². The van der Waals surface area contributed by atoms with Gasteiger partial charge in [0.2, 0.25) is 0 Å². The fraction of sp³-hybridized carbons (Fsp3) is 0. The van der Waals surface area contributed by atoms with Crippen LogP contribution in [0.5, 0.6) is 0 Å². The van der Waals surface area contributed by atoms with Gasteiger partial charge in [-0.15, -0.1) is 0 Å². The molecule has 1 heterocycles. The van der Waals surface area contributed by atoms with Crippen LogP contribution in [0.1, 0.15) is 20.7 Å². The Kier molecular flexibility index (Phi) is 4.80. The molecule has 0 atom stereocenters. The molecule has 0 aliphatic carbocycles. The van der Waals surface area contributed by atoms with Crippen LogP contribution >= 0.6 is 0 Å². The summed E-state index contributed by atoms with van der Waals surface area (Å²) in [7, 11) is 0. The number of hydrogen-bond donors (Lipinski definition) is 2. The summed E-state index contributed by atoms with van der Waals surface area (Å²) in [6.07, 6.45) is 3.20. The lowest BCUT2D eigenvalue weighted by Gasteiger charge is -2.12. The lowest BCUT2D eigenvalue weighted by atomic mass is 10.0. The van der Waals surface area contributed by atoms with Gasteiger partial charge in [0.25, 0.3) is 11.8 Å². The highest BCUT2D eigenvalue weighted by atomic mass is 16.2. The highest BCUT2D eigenvalue weighted by Crippen LogP contribution is 2.22. The van der Waals surface area contributed by atoms with E-state index in [0.717, 1.165) is 10.8 Å². The number of anilines is 2. The van der Waals surface area contributed by atoms with Gasteiger partial charge in [-0.2, -0.15) is 0 Å². The zero-order chi connectivity index (χ0) is 19.3. The standard InChI is InChI=1S/C23H17N3O2/c27-22(19-12-5-8-16-7-1-2-10-18(16)19)26-21-13-4-3-11-20(21)23(28)25-17-9-6-14-24-15-17/h1-15H,(H,25,28)(H,26,27). The molecule has 3 aromatic carbocycles. The van der Waals surface area contributed by atoms with Gasteiger partial charge in [-0.1, -0.05) is 48.5 Å². The Balaban J connectivity index is 1.62. The first-order chi connectivity index (χ1) is 13.7. The number of para-hydroxylation sites is 1. The number of fused-ring (bicyclic) bond motifs is 1. The molecule has 0 aliphatic rings. The van der Waals surface area contributed by atoms with Crippen LogP contribution in [-0.2, 0) is 0 Å². The van der Waals surface area contributed by atoms with E-state index in [4.69, 9.17) is 0 Å². The minimum Gasteiger partial charge on any atom is -0.321 e. The number of nitrogens with zero attached hydrogens (tertiary/aromatic N) is 1. The number of aromatic nitrogens is 1. The molecule has 0 unspecified atom stereocenters. The number of carbonyl (C=O) groups is 2. The normalized spacial score (nSPS) is 10.4. The topological polar surface area (TPSA) is 71.1 Å².